The fourth-order valence-corrected chi connectivity index (χ4v) is 4.44. The molecule has 1 amide bonds. The number of aromatic amines is 1. The van der Waals surface area contributed by atoms with Crippen LogP contribution >= 0.6 is 0 Å². The van der Waals surface area contributed by atoms with Crippen molar-refractivity contribution in [1.29, 1.82) is 0 Å². The van der Waals surface area contributed by atoms with Crippen LogP contribution < -0.4 is 10.8 Å². The first-order valence-electron chi connectivity index (χ1n) is 10.2. The minimum absolute atomic E-state index is 0.211. The number of fused-ring (bicyclic) bond motifs is 2. The molecule has 0 bridgehead atoms. The molecule has 30 heavy (non-hydrogen) atoms. The SMILES string of the molecule is C/C(=C/C(=O)NO)c1ccc2c(c1)CCC2NCCc1c(C)[nH]c2ccc(F)cc12. The number of hydroxylamine groups is 1. The second-order valence-electron chi connectivity index (χ2n) is 7.93. The minimum atomic E-state index is -0.528. The highest BCUT2D eigenvalue weighted by molar-refractivity contribution is 5.94. The fourth-order valence-electron chi connectivity index (χ4n) is 4.44. The molecule has 1 aliphatic carbocycles. The summed E-state index contributed by atoms with van der Waals surface area (Å²) in [4.78, 5) is 14.7. The van der Waals surface area contributed by atoms with Crippen LogP contribution in [0.2, 0.25) is 0 Å². The maximum atomic E-state index is 13.7. The zero-order valence-electron chi connectivity index (χ0n) is 17.2. The van der Waals surface area contributed by atoms with Crippen LogP contribution in [0.4, 0.5) is 4.39 Å². The smallest absolute Gasteiger partial charge is 0.267 e. The number of H-pyrrole nitrogens is 1. The Morgan fingerprint density at radius 1 is 1.30 bits per heavy atom. The molecule has 1 unspecified atom stereocenters. The minimum Gasteiger partial charge on any atom is -0.358 e. The quantitative estimate of drug-likeness (QED) is 0.279. The molecule has 3 aromatic rings. The number of hydrogen-bond donors (Lipinski definition) is 4. The van der Waals surface area contributed by atoms with Crippen molar-refractivity contribution in [2.24, 2.45) is 0 Å². The van der Waals surface area contributed by atoms with E-state index >= 15 is 0 Å². The number of allylic oxidation sites excluding steroid dienone is 1. The van der Waals surface area contributed by atoms with Gasteiger partial charge in [-0.1, -0.05) is 18.2 Å². The molecule has 1 atom stereocenters. The third kappa shape index (κ3) is 4.01. The molecule has 1 aliphatic rings. The van der Waals surface area contributed by atoms with E-state index in [4.69, 9.17) is 5.21 Å². The van der Waals surface area contributed by atoms with Crippen molar-refractivity contribution < 1.29 is 14.4 Å². The lowest BCUT2D eigenvalue weighted by atomic mass is 10.00. The van der Waals surface area contributed by atoms with Crippen LogP contribution in [0.5, 0.6) is 0 Å². The van der Waals surface area contributed by atoms with Crippen LogP contribution in [0.25, 0.3) is 16.5 Å². The lowest BCUT2D eigenvalue weighted by Gasteiger charge is -2.15. The van der Waals surface area contributed by atoms with Gasteiger partial charge in [0, 0.05) is 28.7 Å². The van der Waals surface area contributed by atoms with Crippen molar-refractivity contribution in [3.63, 3.8) is 0 Å². The van der Waals surface area contributed by atoms with Crippen LogP contribution in [-0.4, -0.2) is 22.6 Å². The van der Waals surface area contributed by atoms with Crippen molar-refractivity contribution in [2.45, 2.75) is 39.2 Å². The molecule has 0 saturated heterocycles. The molecule has 156 valence electrons. The highest BCUT2D eigenvalue weighted by Crippen LogP contribution is 2.33. The Hall–Kier alpha value is -2.96. The van der Waals surface area contributed by atoms with Crippen molar-refractivity contribution >= 4 is 22.4 Å². The van der Waals surface area contributed by atoms with E-state index in [0.717, 1.165) is 59.1 Å². The van der Waals surface area contributed by atoms with Gasteiger partial charge in [-0.25, -0.2) is 9.87 Å². The number of carbonyl (C=O) groups excluding carboxylic acids is 1. The molecule has 2 aromatic carbocycles. The van der Waals surface area contributed by atoms with Gasteiger partial charge in [0.2, 0.25) is 0 Å². The lowest BCUT2D eigenvalue weighted by molar-refractivity contribution is -0.124. The van der Waals surface area contributed by atoms with Gasteiger partial charge in [0.1, 0.15) is 5.82 Å². The van der Waals surface area contributed by atoms with Gasteiger partial charge in [0.05, 0.1) is 0 Å². The monoisotopic (exact) mass is 407 g/mol. The summed E-state index contributed by atoms with van der Waals surface area (Å²) in [5.41, 5.74) is 9.21. The average Bonchev–Trinajstić information content (AvgIpc) is 3.28. The van der Waals surface area contributed by atoms with Gasteiger partial charge < -0.3 is 10.3 Å². The van der Waals surface area contributed by atoms with Gasteiger partial charge in [-0.05, 0) is 85.7 Å². The summed E-state index contributed by atoms with van der Waals surface area (Å²) in [6, 6.07) is 11.4. The van der Waals surface area contributed by atoms with E-state index in [2.05, 4.69) is 22.4 Å². The van der Waals surface area contributed by atoms with Crippen LogP contribution in [0.15, 0.2) is 42.5 Å². The molecule has 4 N–H and O–H groups in total. The Balaban J connectivity index is 1.44. The van der Waals surface area contributed by atoms with E-state index in [1.165, 1.54) is 23.3 Å². The summed E-state index contributed by atoms with van der Waals surface area (Å²) in [5, 5.41) is 13.3. The molecule has 5 nitrogen and oxygen atoms in total. The normalized spacial score (nSPS) is 16.1. The predicted octanol–water partition coefficient (Wildman–Crippen LogP) is 4.34. The number of benzene rings is 2. The van der Waals surface area contributed by atoms with Gasteiger partial charge in [0.25, 0.3) is 5.91 Å². The molecular formula is C24H26FN3O2. The Labute approximate surface area is 175 Å². The summed E-state index contributed by atoms with van der Waals surface area (Å²) in [5.74, 6) is -0.739. The third-order valence-electron chi connectivity index (χ3n) is 5.98. The number of rotatable bonds is 6. The van der Waals surface area contributed by atoms with Gasteiger partial charge >= 0.3 is 0 Å². The summed E-state index contributed by atoms with van der Waals surface area (Å²) in [6.45, 7) is 4.70. The number of nitrogens with one attached hydrogen (secondary N) is 3. The first kappa shape index (κ1) is 20.3. The second kappa shape index (κ2) is 8.42. The topological polar surface area (TPSA) is 77.2 Å². The van der Waals surface area contributed by atoms with E-state index in [1.54, 1.807) is 17.6 Å². The molecule has 0 aliphatic heterocycles. The van der Waals surface area contributed by atoms with Crippen LogP contribution in [0, 0.1) is 12.7 Å². The Morgan fingerprint density at radius 3 is 2.93 bits per heavy atom. The first-order valence-corrected chi connectivity index (χ1v) is 10.2. The van der Waals surface area contributed by atoms with Crippen molar-refractivity contribution in [3.05, 3.63) is 76.2 Å². The number of carbonyl (C=O) groups is 1. The molecule has 6 heteroatoms. The van der Waals surface area contributed by atoms with E-state index in [-0.39, 0.29) is 5.82 Å². The van der Waals surface area contributed by atoms with Gasteiger partial charge in [-0.2, -0.15) is 0 Å². The summed E-state index contributed by atoms with van der Waals surface area (Å²) in [7, 11) is 0. The number of aryl methyl sites for hydroxylation is 2. The van der Waals surface area contributed by atoms with E-state index in [1.807, 2.05) is 19.9 Å². The van der Waals surface area contributed by atoms with E-state index in [9.17, 15) is 9.18 Å². The third-order valence-corrected chi connectivity index (χ3v) is 5.98. The lowest BCUT2D eigenvalue weighted by Crippen LogP contribution is -2.22. The fraction of sp³-hybridized carbons (Fsp3) is 0.292. The molecule has 0 radical (unpaired) electrons. The number of aromatic nitrogens is 1. The summed E-state index contributed by atoms with van der Waals surface area (Å²) < 4.78 is 13.7. The Morgan fingerprint density at radius 2 is 2.13 bits per heavy atom. The molecule has 0 saturated carbocycles. The van der Waals surface area contributed by atoms with Gasteiger partial charge in [0.15, 0.2) is 0 Å². The standard InChI is InChI=1S/C24H26FN3O2/c1-14(11-24(29)28-30)16-3-6-20-17(12-16)4-7-22(20)26-10-9-19-15(2)27-23-8-5-18(25)13-21(19)23/h3,5-6,8,11-13,22,26-27,30H,4,7,9-10H2,1-2H3,(H,28,29)/b14-11-. The van der Waals surface area contributed by atoms with Crippen molar-refractivity contribution in [3.8, 4) is 0 Å². The summed E-state index contributed by atoms with van der Waals surface area (Å²) >= 11 is 0. The first-order chi connectivity index (χ1) is 14.5. The molecule has 0 fully saturated rings. The van der Waals surface area contributed by atoms with Crippen molar-refractivity contribution in [2.75, 3.05) is 6.54 Å². The maximum absolute atomic E-state index is 13.7. The number of amides is 1. The zero-order chi connectivity index (χ0) is 21.3. The van der Waals surface area contributed by atoms with Crippen LogP contribution in [0.3, 0.4) is 0 Å². The average molecular weight is 407 g/mol. The highest BCUT2D eigenvalue weighted by atomic mass is 19.1. The van der Waals surface area contributed by atoms with Crippen LogP contribution in [0.1, 0.15) is 47.3 Å². The highest BCUT2D eigenvalue weighted by Gasteiger charge is 2.22. The number of halogens is 1. The molecule has 4 rings (SSSR count). The predicted molar refractivity (Wildman–Crippen MR) is 116 cm³/mol. The molecule has 1 aromatic heterocycles. The van der Waals surface area contributed by atoms with Crippen molar-refractivity contribution in [1.82, 2.24) is 15.8 Å². The Bertz CT molecular complexity index is 1130. The molecule has 0 spiro atoms. The van der Waals surface area contributed by atoms with Crippen LogP contribution in [-0.2, 0) is 17.6 Å². The maximum Gasteiger partial charge on any atom is 0.267 e. The van der Waals surface area contributed by atoms with E-state index < -0.39 is 5.91 Å². The molecular weight excluding hydrogens is 381 g/mol. The largest absolute Gasteiger partial charge is 0.358 e. The molecule has 1 heterocycles. The van der Waals surface area contributed by atoms with E-state index in [0.29, 0.717) is 6.04 Å². The Kier molecular flexibility index (Phi) is 5.70. The van der Waals surface area contributed by atoms with Gasteiger partial charge in [-0.15, -0.1) is 0 Å². The summed E-state index contributed by atoms with van der Waals surface area (Å²) in [6.07, 6.45) is 4.23. The van der Waals surface area contributed by atoms with Gasteiger partial charge in [-0.3, -0.25) is 10.0 Å². The zero-order valence-corrected chi connectivity index (χ0v) is 17.2. The second-order valence-corrected chi connectivity index (χ2v) is 7.93. The number of hydrogen-bond acceptors (Lipinski definition) is 3.